The first-order valence-electron chi connectivity index (χ1n) is 7.92. The summed E-state index contributed by atoms with van der Waals surface area (Å²) in [5.74, 6) is 0.108. The van der Waals surface area contributed by atoms with E-state index in [2.05, 4.69) is 5.32 Å². The second kappa shape index (κ2) is 6.40. The van der Waals surface area contributed by atoms with Gasteiger partial charge in [0.05, 0.1) is 23.4 Å². The summed E-state index contributed by atoms with van der Waals surface area (Å²) in [7, 11) is -2.29. The van der Waals surface area contributed by atoms with Gasteiger partial charge in [0, 0.05) is 13.0 Å². The number of carbonyl (C=O) groups is 1. The van der Waals surface area contributed by atoms with Crippen LogP contribution in [-0.2, 0) is 21.2 Å². The number of carbonyl (C=O) groups excluding carboxylic acids is 1. The zero-order valence-electron chi connectivity index (χ0n) is 14.3. The molecule has 0 bridgehead atoms. The Hall–Kier alpha value is -2.54. The summed E-state index contributed by atoms with van der Waals surface area (Å²) >= 11 is 0. The van der Waals surface area contributed by atoms with Gasteiger partial charge in [-0.1, -0.05) is 18.2 Å². The number of ether oxygens (including phenoxy) is 1. The zero-order chi connectivity index (χ0) is 18.2. The molecule has 132 valence electrons. The van der Waals surface area contributed by atoms with Gasteiger partial charge >= 0.3 is 0 Å². The Labute approximate surface area is 147 Å². The van der Waals surface area contributed by atoms with Crippen LogP contribution in [0.3, 0.4) is 0 Å². The van der Waals surface area contributed by atoms with Gasteiger partial charge in [0.1, 0.15) is 5.75 Å². The van der Waals surface area contributed by atoms with Crippen LogP contribution in [0.4, 0.5) is 11.4 Å². The Morgan fingerprint density at radius 3 is 2.64 bits per heavy atom. The fourth-order valence-electron chi connectivity index (χ4n) is 3.15. The van der Waals surface area contributed by atoms with Crippen molar-refractivity contribution in [3.05, 3.63) is 48.0 Å². The van der Waals surface area contributed by atoms with Crippen LogP contribution < -0.4 is 14.4 Å². The predicted molar refractivity (Wildman–Crippen MR) is 96.6 cm³/mol. The fourth-order valence-corrected chi connectivity index (χ4v) is 4.87. The van der Waals surface area contributed by atoms with Crippen LogP contribution in [0.25, 0.3) is 0 Å². The number of fused-ring (bicyclic) bond motifs is 1. The van der Waals surface area contributed by atoms with Crippen LogP contribution in [0.15, 0.2) is 47.4 Å². The van der Waals surface area contributed by atoms with Crippen LogP contribution in [0.5, 0.6) is 5.75 Å². The first kappa shape index (κ1) is 17.3. The van der Waals surface area contributed by atoms with E-state index in [9.17, 15) is 13.2 Å². The highest BCUT2D eigenvalue weighted by Gasteiger charge is 2.36. The highest BCUT2D eigenvalue weighted by Crippen LogP contribution is 2.38. The Bertz CT molecular complexity index is 924. The maximum absolute atomic E-state index is 13.2. The van der Waals surface area contributed by atoms with E-state index < -0.39 is 10.0 Å². The molecule has 1 amide bonds. The van der Waals surface area contributed by atoms with Gasteiger partial charge in [-0.05, 0) is 43.2 Å². The zero-order valence-corrected chi connectivity index (χ0v) is 15.1. The van der Waals surface area contributed by atoms with Crippen molar-refractivity contribution in [1.82, 2.24) is 0 Å². The molecule has 0 aromatic heterocycles. The summed E-state index contributed by atoms with van der Waals surface area (Å²) in [5.41, 5.74) is 2.04. The molecule has 1 unspecified atom stereocenters. The van der Waals surface area contributed by atoms with Crippen LogP contribution in [0, 0.1) is 0 Å². The molecule has 3 rings (SSSR count). The van der Waals surface area contributed by atoms with E-state index >= 15 is 0 Å². The van der Waals surface area contributed by atoms with Crippen LogP contribution in [-0.4, -0.2) is 27.5 Å². The van der Waals surface area contributed by atoms with Crippen molar-refractivity contribution in [3.63, 3.8) is 0 Å². The quantitative estimate of drug-likeness (QED) is 0.910. The molecule has 1 N–H and O–H groups in total. The lowest BCUT2D eigenvalue weighted by Crippen LogP contribution is -2.35. The number of para-hydroxylation sites is 1. The van der Waals surface area contributed by atoms with Crippen LogP contribution in [0.2, 0.25) is 0 Å². The molecule has 0 aliphatic carbocycles. The van der Waals surface area contributed by atoms with Crippen molar-refractivity contribution in [1.29, 1.82) is 0 Å². The largest absolute Gasteiger partial charge is 0.495 e. The maximum atomic E-state index is 13.2. The first-order valence-corrected chi connectivity index (χ1v) is 9.36. The van der Waals surface area contributed by atoms with E-state index in [1.54, 1.807) is 6.07 Å². The standard InChI is InChI=1S/C18H20N2O4S/c1-12-10-14-6-4-5-7-17(14)20(12)25(22,23)15-8-9-18(24-3)16(11-15)19-13(2)21/h4-9,11-12H,10H2,1-3H3,(H,19,21). The molecule has 2 aromatic rings. The molecular weight excluding hydrogens is 340 g/mol. The SMILES string of the molecule is COc1ccc(S(=O)(=O)N2c3ccccc3CC2C)cc1NC(C)=O. The third-order valence-electron chi connectivity index (χ3n) is 4.18. The summed E-state index contributed by atoms with van der Waals surface area (Å²) in [6, 6.07) is 11.8. The van der Waals surface area contributed by atoms with Crippen molar-refractivity contribution in [2.75, 3.05) is 16.7 Å². The van der Waals surface area contributed by atoms with Crippen LogP contribution >= 0.6 is 0 Å². The highest BCUT2D eigenvalue weighted by molar-refractivity contribution is 7.92. The van der Waals surface area contributed by atoms with Gasteiger partial charge in [0.25, 0.3) is 10.0 Å². The smallest absolute Gasteiger partial charge is 0.264 e. The minimum Gasteiger partial charge on any atom is -0.495 e. The number of nitrogens with zero attached hydrogens (tertiary/aromatic N) is 1. The molecule has 0 spiro atoms. The Morgan fingerprint density at radius 1 is 1.24 bits per heavy atom. The van der Waals surface area contributed by atoms with Crippen molar-refractivity contribution in [3.8, 4) is 5.75 Å². The second-order valence-corrected chi connectivity index (χ2v) is 7.84. The molecule has 0 radical (unpaired) electrons. The molecule has 0 fully saturated rings. The summed E-state index contributed by atoms with van der Waals surface area (Å²) in [4.78, 5) is 11.5. The lowest BCUT2D eigenvalue weighted by Gasteiger charge is -2.25. The molecule has 6 nitrogen and oxygen atoms in total. The molecule has 25 heavy (non-hydrogen) atoms. The topological polar surface area (TPSA) is 75.7 Å². The van der Waals surface area contributed by atoms with Gasteiger partial charge in [0.2, 0.25) is 5.91 Å². The molecule has 2 aromatic carbocycles. The van der Waals surface area contributed by atoms with E-state index in [0.29, 0.717) is 23.5 Å². The van der Waals surface area contributed by atoms with E-state index in [4.69, 9.17) is 4.74 Å². The molecular formula is C18H20N2O4S. The number of nitrogens with one attached hydrogen (secondary N) is 1. The fraction of sp³-hybridized carbons (Fsp3) is 0.278. The summed E-state index contributed by atoms with van der Waals surface area (Å²) in [6.07, 6.45) is 0.671. The van der Waals surface area contributed by atoms with Crippen molar-refractivity contribution in [2.24, 2.45) is 0 Å². The van der Waals surface area contributed by atoms with Crippen molar-refractivity contribution >= 4 is 27.3 Å². The second-order valence-electron chi connectivity index (χ2n) is 6.03. The number of rotatable bonds is 4. The molecule has 0 saturated heterocycles. The Balaban J connectivity index is 2.08. The maximum Gasteiger partial charge on any atom is 0.264 e. The minimum absolute atomic E-state index is 0.112. The molecule has 1 aliphatic rings. The average molecular weight is 360 g/mol. The molecule has 7 heteroatoms. The van der Waals surface area contributed by atoms with Gasteiger partial charge < -0.3 is 10.1 Å². The van der Waals surface area contributed by atoms with E-state index in [1.807, 2.05) is 31.2 Å². The third kappa shape index (κ3) is 3.07. The number of hydrogen-bond donors (Lipinski definition) is 1. The molecule has 1 atom stereocenters. The Morgan fingerprint density at radius 2 is 1.96 bits per heavy atom. The van der Waals surface area contributed by atoms with Crippen LogP contribution in [0.1, 0.15) is 19.4 Å². The van der Waals surface area contributed by atoms with Gasteiger partial charge in [-0.15, -0.1) is 0 Å². The lowest BCUT2D eigenvalue weighted by atomic mass is 10.1. The number of hydrogen-bond acceptors (Lipinski definition) is 4. The van der Waals surface area contributed by atoms with Gasteiger partial charge in [-0.25, -0.2) is 8.42 Å². The average Bonchev–Trinajstić information content (AvgIpc) is 2.90. The lowest BCUT2D eigenvalue weighted by molar-refractivity contribution is -0.114. The van der Waals surface area contributed by atoms with E-state index in [0.717, 1.165) is 5.56 Å². The monoisotopic (exact) mass is 360 g/mol. The number of anilines is 2. The van der Waals surface area contributed by atoms with E-state index in [-0.39, 0.29) is 16.8 Å². The van der Waals surface area contributed by atoms with Crippen molar-refractivity contribution < 1.29 is 17.9 Å². The normalized spacial score (nSPS) is 16.4. The number of methoxy groups -OCH3 is 1. The van der Waals surface area contributed by atoms with Gasteiger partial charge in [-0.3, -0.25) is 9.10 Å². The van der Waals surface area contributed by atoms with E-state index in [1.165, 1.54) is 30.5 Å². The minimum atomic E-state index is -3.76. The van der Waals surface area contributed by atoms with Crippen molar-refractivity contribution in [2.45, 2.75) is 31.2 Å². The Kier molecular flexibility index (Phi) is 4.43. The number of sulfonamides is 1. The third-order valence-corrected chi connectivity index (χ3v) is 6.11. The molecule has 0 saturated carbocycles. The number of amides is 1. The molecule has 1 heterocycles. The highest BCUT2D eigenvalue weighted by atomic mass is 32.2. The number of benzene rings is 2. The van der Waals surface area contributed by atoms with Gasteiger partial charge in [-0.2, -0.15) is 0 Å². The van der Waals surface area contributed by atoms with Gasteiger partial charge in [0.15, 0.2) is 0 Å². The summed E-state index contributed by atoms with van der Waals surface area (Å²) in [6.45, 7) is 3.25. The molecule has 1 aliphatic heterocycles. The summed E-state index contributed by atoms with van der Waals surface area (Å²) < 4.78 is 33.1. The summed E-state index contributed by atoms with van der Waals surface area (Å²) in [5, 5.41) is 2.61. The predicted octanol–water partition coefficient (Wildman–Crippen LogP) is 2.79. The first-order chi connectivity index (χ1) is 11.8.